The van der Waals surface area contributed by atoms with Crippen molar-refractivity contribution in [1.82, 2.24) is 5.01 Å². The number of allylic oxidation sites excluding steroid dienone is 2. The number of amides is 2. The molecule has 4 rings (SSSR count). The summed E-state index contributed by atoms with van der Waals surface area (Å²) < 4.78 is 10.7. The molecule has 0 spiro atoms. The van der Waals surface area contributed by atoms with Gasteiger partial charge in [0.25, 0.3) is 11.8 Å². The second-order valence-electron chi connectivity index (χ2n) is 7.21. The molecule has 2 aliphatic carbocycles. The van der Waals surface area contributed by atoms with Crippen LogP contribution >= 0.6 is 0 Å². The number of para-hydroxylation sites is 1. The van der Waals surface area contributed by atoms with Crippen LogP contribution < -0.4 is 9.47 Å². The minimum atomic E-state index is -1.13. The normalized spacial score (nSPS) is 28.9. The van der Waals surface area contributed by atoms with Gasteiger partial charge in [0.2, 0.25) is 0 Å². The molecule has 3 aliphatic rings. The summed E-state index contributed by atoms with van der Waals surface area (Å²) in [6, 6.07) is 4.96. The lowest BCUT2D eigenvalue weighted by molar-refractivity contribution is -0.144. The highest BCUT2D eigenvalue weighted by Gasteiger charge is 2.59. The Kier molecular flexibility index (Phi) is 4.41. The van der Waals surface area contributed by atoms with E-state index in [1.54, 1.807) is 18.2 Å². The fourth-order valence-corrected chi connectivity index (χ4v) is 4.27. The van der Waals surface area contributed by atoms with Gasteiger partial charge in [0.05, 0.1) is 25.2 Å². The minimum absolute atomic E-state index is 0.110. The van der Waals surface area contributed by atoms with Crippen LogP contribution in [0.1, 0.15) is 18.9 Å². The highest BCUT2D eigenvalue weighted by Crippen LogP contribution is 2.52. The van der Waals surface area contributed by atoms with Crippen molar-refractivity contribution in [3.05, 3.63) is 35.9 Å². The topological polar surface area (TPSA) is 106 Å². The van der Waals surface area contributed by atoms with Gasteiger partial charge in [-0.25, -0.2) is 4.79 Å². The highest BCUT2D eigenvalue weighted by molar-refractivity contribution is 6.07. The summed E-state index contributed by atoms with van der Waals surface area (Å²) in [5.41, 5.74) is 0.409. The van der Waals surface area contributed by atoms with E-state index in [2.05, 4.69) is 5.10 Å². The van der Waals surface area contributed by atoms with Gasteiger partial charge in [-0.05, 0) is 37.3 Å². The van der Waals surface area contributed by atoms with Gasteiger partial charge in [-0.3, -0.25) is 9.59 Å². The molecule has 2 bridgehead atoms. The largest absolute Gasteiger partial charge is 0.493 e. The van der Waals surface area contributed by atoms with Crippen molar-refractivity contribution >= 4 is 24.0 Å². The molecule has 0 radical (unpaired) electrons. The molecule has 1 aromatic carbocycles. The van der Waals surface area contributed by atoms with Crippen LogP contribution in [-0.4, -0.2) is 47.3 Å². The molecule has 5 atom stereocenters. The van der Waals surface area contributed by atoms with Crippen molar-refractivity contribution in [1.29, 1.82) is 0 Å². The number of fused-ring (bicyclic) bond motifs is 5. The summed E-state index contributed by atoms with van der Waals surface area (Å²) in [6.07, 6.45) is 5.11. The Bertz CT molecular complexity index is 878. The highest BCUT2D eigenvalue weighted by atomic mass is 16.5. The van der Waals surface area contributed by atoms with Gasteiger partial charge < -0.3 is 14.6 Å². The quantitative estimate of drug-likeness (QED) is 0.455. The summed E-state index contributed by atoms with van der Waals surface area (Å²) in [6.45, 7) is 1.40. The predicted octanol–water partition coefficient (Wildman–Crippen LogP) is 1.69. The van der Waals surface area contributed by atoms with E-state index < -0.39 is 12.1 Å². The first-order valence-electron chi connectivity index (χ1n) is 9.09. The smallest absolute Gasteiger partial charge is 0.344 e. The van der Waals surface area contributed by atoms with E-state index in [4.69, 9.17) is 14.6 Å². The van der Waals surface area contributed by atoms with E-state index >= 15 is 0 Å². The first kappa shape index (κ1) is 18.2. The number of aliphatic carboxylic acids is 1. The van der Waals surface area contributed by atoms with Gasteiger partial charge >= 0.3 is 5.97 Å². The average Bonchev–Trinajstić information content (AvgIpc) is 3.35. The monoisotopic (exact) mass is 384 g/mol. The number of methoxy groups -OCH3 is 1. The fourth-order valence-electron chi connectivity index (χ4n) is 4.27. The minimum Gasteiger partial charge on any atom is -0.493 e. The van der Waals surface area contributed by atoms with Crippen LogP contribution in [0, 0.1) is 23.7 Å². The summed E-state index contributed by atoms with van der Waals surface area (Å²) in [7, 11) is 1.44. The summed E-state index contributed by atoms with van der Waals surface area (Å²) >= 11 is 0. The first-order valence-corrected chi connectivity index (χ1v) is 9.09. The second kappa shape index (κ2) is 6.78. The van der Waals surface area contributed by atoms with Crippen molar-refractivity contribution in [2.45, 2.75) is 19.4 Å². The average molecular weight is 384 g/mol. The fraction of sp³-hybridized carbons (Fsp3) is 0.400. The molecule has 0 aromatic heterocycles. The standard InChI is InChI=1S/C20H20N2O6/c1-10(20(25)26)28-17-13(4-3-5-14(17)27-2)9-21-22-18(23)15-11-6-7-12(8-11)16(15)19(22)24/h3-7,9-12,15-16H,8H2,1-2H3,(H,25,26)/t10-,11-,12-,15-,16+/m0/s1. The second-order valence-corrected chi connectivity index (χ2v) is 7.21. The number of hydrogen-bond acceptors (Lipinski definition) is 6. The molecule has 1 aliphatic heterocycles. The Balaban J connectivity index is 1.61. The van der Waals surface area contributed by atoms with E-state index in [1.165, 1.54) is 20.2 Å². The van der Waals surface area contributed by atoms with E-state index in [9.17, 15) is 14.4 Å². The van der Waals surface area contributed by atoms with Gasteiger partial charge in [-0.15, -0.1) is 0 Å². The number of rotatable bonds is 6. The molecular weight excluding hydrogens is 364 g/mol. The van der Waals surface area contributed by atoms with Gasteiger partial charge in [0, 0.05) is 5.56 Å². The Morgan fingerprint density at radius 1 is 1.25 bits per heavy atom. The SMILES string of the molecule is COc1cccc(C=NN2C(=O)[C@@H]3[C@H](C2=O)[C@H]2C=C[C@H]3C2)c1O[C@@H](C)C(=O)O. The molecule has 1 saturated heterocycles. The van der Waals surface area contributed by atoms with Crippen LogP contribution in [-0.2, 0) is 14.4 Å². The third-order valence-corrected chi connectivity index (χ3v) is 5.63. The van der Waals surface area contributed by atoms with Crippen LogP contribution in [0.4, 0.5) is 0 Å². The van der Waals surface area contributed by atoms with Gasteiger partial charge in [-0.1, -0.05) is 18.2 Å². The lowest BCUT2D eigenvalue weighted by Crippen LogP contribution is -2.28. The Morgan fingerprint density at radius 3 is 2.46 bits per heavy atom. The summed E-state index contributed by atoms with van der Waals surface area (Å²) in [4.78, 5) is 36.6. The lowest BCUT2D eigenvalue weighted by atomic mass is 9.85. The maximum atomic E-state index is 12.7. The van der Waals surface area contributed by atoms with Crippen molar-refractivity contribution in [3.63, 3.8) is 0 Å². The van der Waals surface area contributed by atoms with Crippen molar-refractivity contribution < 1.29 is 29.0 Å². The summed E-state index contributed by atoms with van der Waals surface area (Å²) in [5, 5.41) is 14.2. The molecule has 1 N–H and O–H groups in total. The van der Waals surface area contributed by atoms with Crippen LogP contribution in [0.15, 0.2) is 35.5 Å². The Labute approximate surface area is 161 Å². The maximum Gasteiger partial charge on any atom is 0.344 e. The zero-order valence-corrected chi connectivity index (χ0v) is 15.4. The molecule has 8 nitrogen and oxygen atoms in total. The molecule has 1 heterocycles. The number of carboxylic acid groups (broad SMARTS) is 1. The van der Waals surface area contributed by atoms with Crippen LogP contribution in [0.3, 0.4) is 0 Å². The number of carbonyl (C=O) groups excluding carboxylic acids is 2. The maximum absolute atomic E-state index is 12.7. The van der Waals surface area contributed by atoms with Crippen molar-refractivity contribution in [3.8, 4) is 11.5 Å². The van der Waals surface area contributed by atoms with Gasteiger partial charge in [0.15, 0.2) is 17.6 Å². The van der Waals surface area contributed by atoms with E-state index in [0.717, 1.165) is 11.4 Å². The molecule has 1 aromatic rings. The number of hydrazone groups is 1. The summed E-state index contributed by atoms with van der Waals surface area (Å²) in [5.74, 6) is -1.62. The predicted molar refractivity (Wildman–Crippen MR) is 97.9 cm³/mol. The molecule has 28 heavy (non-hydrogen) atoms. The van der Waals surface area contributed by atoms with Crippen LogP contribution in [0.25, 0.3) is 0 Å². The Morgan fingerprint density at radius 2 is 1.89 bits per heavy atom. The number of imide groups is 1. The van der Waals surface area contributed by atoms with Gasteiger partial charge in [0.1, 0.15) is 0 Å². The molecule has 2 amide bonds. The zero-order chi connectivity index (χ0) is 20.0. The van der Waals surface area contributed by atoms with Crippen LogP contribution in [0.2, 0.25) is 0 Å². The van der Waals surface area contributed by atoms with Crippen LogP contribution in [0.5, 0.6) is 11.5 Å². The third-order valence-electron chi connectivity index (χ3n) is 5.63. The molecule has 1 saturated carbocycles. The van der Waals surface area contributed by atoms with Gasteiger partial charge in [-0.2, -0.15) is 10.1 Å². The van der Waals surface area contributed by atoms with Crippen molar-refractivity contribution in [2.75, 3.05) is 7.11 Å². The molecule has 2 fully saturated rings. The number of hydrogen-bond donors (Lipinski definition) is 1. The number of carbonyl (C=O) groups is 3. The van der Waals surface area contributed by atoms with E-state index in [1.807, 2.05) is 12.2 Å². The molecule has 0 unspecified atom stereocenters. The van der Waals surface area contributed by atoms with E-state index in [-0.39, 0.29) is 41.2 Å². The Hall–Kier alpha value is -3.16. The van der Waals surface area contributed by atoms with Crippen molar-refractivity contribution in [2.24, 2.45) is 28.8 Å². The number of benzene rings is 1. The van der Waals surface area contributed by atoms with E-state index in [0.29, 0.717) is 11.3 Å². The lowest BCUT2D eigenvalue weighted by Gasteiger charge is -2.16. The number of carboxylic acids is 1. The molecule has 146 valence electrons. The third kappa shape index (κ3) is 2.76. The number of nitrogens with zero attached hydrogens (tertiary/aromatic N) is 2. The molecular formula is C20H20N2O6. The first-order chi connectivity index (χ1) is 13.4. The zero-order valence-electron chi connectivity index (χ0n) is 15.4. The number of ether oxygens (including phenoxy) is 2. The molecule has 8 heteroatoms.